The number of phenols is 1. The molecule has 2 aromatic carbocycles. The van der Waals surface area contributed by atoms with E-state index in [0.29, 0.717) is 27.7 Å². The maximum Gasteiger partial charge on any atom is 0.338 e. The largest absolute Gasteiger partial charge is 0.506 e. The first kappa shape index (κ1) is 25.5. The lowest BCUT2D eigenvalue weighted by molar-refractivity contribution is -0.139. The van der Waals surface area contributed by atoms with Crippen molar-refractivity contribution >= 4 is 80.3 Å². The van der Waals surface area contributed by atoms with Crippen molar-refractivity contribution in [3.05, 3.63) is 85.6 Å². The van der Waals surface area contributed by atoms with E-state index in [1.54, 1.807) is 36.3 Å². The molecule has 0 radical (unpaired) electrons. The van der Waals surface area contributed by atoms with Gasteiger partial charge >= 0.3 is 5.97 Å². The third-order valence-corrected chi connectivity index (χ3v) is 8.66. The number of esters is 1. The number of nitrogens with zero attached hydrogens (tertiary/aromatic N) is 2. The Morgan fingerprint density at radius 1 is 1.26 bits per heavy atom. The van der Waals surface area contributed by atoms with Crippen molar-refractivity contribution in [3.8, 4) is 5.75 Å². The van der Waals surface area contributed by atoms with Gasteiger partial charge in [0.15, 0.2) is 4.80 Å². The fraction of sp³-hybridized carbons (Fsp3) is 0.208. The van der Waals surface area contributed by atoms with Crippen molar-refractivity contribution in [2.24, 2.45) is 4.99 Å². The van der Waals surface area contributed by atoms with E-state index in [2.05, 4.69) is 50.2 Å². The fourth-order valence-corrected chi connectivity index (χ4v) is 6.98. The lowest BCUT2D eigenvalue weighted by atomic mass is 9.96. The topological polar surface area (TPSA) is 80.9 Å². The second-order valence-electron chi connectivity index (χ2n) is 7.41. The number of fused-ring (bicyclic) bond motifs is 1. The minimum Gasteiger partial charge on any atom is -0.506 e. The monoisotopic (exact) mass is 718 g/mol. The molecule has 3 aromatic rings. The normalized spacial score (nSPS) is 15.8. The molecule has 0 spiro atoms. The fourth-order valence-electron chi connectivity index (χ4n) is 3.71. The van der Waals surface area contributed by atoms with Gasteiger partial charge < -0.3 is 9.84 Å². The average Bonchev–Trinajstić information content (AvgIpc) is 3.11. The molecule has 1 aromatic heterocycles. The number of carbonyl (C=O) groups is 1. The summed E-state index contributed by atoms with van der Waals surface area (Å²) < 4.78 is 8.83. The Morgan fingerprint density at radius 2 is 1.91 bits per heavy atom. The minimum atomic E-state index is -0.631. The molecule has 34 heavy (non-hydrogen) atoms. The van der Waals surface area contributed by atoms with Gasteiger partial charge in [0.25, 0.3) is 5.56 Å². The van der Waals surface area contributed by atoms with Crippen LogP contribution in [0.4, 0.5) is 0 Å². The van der Waals surface area contributed by atoms with Crippen molar-refractivity contribution in [1.82, 2.24) is 4.57 Å². The summed E-state index contributed by atoms with van der Waals surface area (Å²) in [7, 11) is 0. The molecule has 0 bridgehead atoms. The van der Waals surface area contributed by atoms with Crippen LogP contribution in [-0.4, -0.2) is 28.5 Å². The van der Waals surface area contributed by atoms with Crippen LogP contribution in [0.15, 0.2) is 62.4 Å². The second-order valence-corrected chi connectivity index (χ2v) is 11.6. The molecular weight excluding hydrogens is 698 g/mol. The first-order chi connectivity index (χ1) is 16.2. The van der Waals surface area contributed by atoms with Crippen LogP contribution in [0.1, 0.15) is 31.0 Å². The average molecular weight is 718 g/mol. The van der Waals surface area contributed by atoms with E-state index in [0.717, 1.165) is 16.0 Å². The van der Waals surface area contributed by atoms with Crippen LogP contribution in [0.3, 0.4) is 0 Å². The Bertz CT molecular complexity index is 1470. The van der Waals surface area contributed by atoms with Gasteiger partial charge in [0.05, 0.1) is 35.6 Å². The predicted octanol–water partition coefficient (Wildman–Crippen LogP) is 4.44. The maximum atomic E-state index is 13.6. The van der Waals surface area contributed by atoms with Gasteiger partial charge in [-0.1, -0.05) is 23.5 Å². The highest BCUT2D eigenvalue weighted by Crippen LogP contribution is 2.32. The van der Waals surface area contributed by atoms with Gasteiger partial charge in [0.2, 0.25) is 0 Å². The highest BCUT2D eigenvalue weighted by atomic mass is 127. The lowest BCUT2D eigenvalue weighted by Crippen LogP contribution is -2.39. The van der Waals surface area contributed by atoms with E-state index in [4.69, 9.17) is 4.74 Å². The molecule has 4 rings (SSSR count). The zero-order valence-electron chi connectivity index (χ0n) is 18.5. The van der Waals surface area contributed by atoms with Gasteiger partial charge in [-0.05, 0) is 107 Å². The number of thioether (sulfide) groups is 1. The predicted molar refractivity (Wildman–Crippen MR) is 152 cm³/mol. The summed E-state index contributed by atoms with van der Waals surface area (Å²) >= 11 is 7.04. The van der Waals surface area contributed by atoms with Crippen molar-refractivity contribution in [1.29, 1.82) is 0 Å². The minimum absolute atomic E-state index is 0.225. The molecule has 1 aliphatic heterocycles. The first-order valence-corrected chi connectivity index (χ1v) is 14.5. The van der Waals surface area contributed by atoms with Gasteiger partial charge in [-0.3, -0.25) is 9.36 Å². The van der Waals surface area contributed by atoms with Crippen LogP contribution >= 0.6 is 68.3 Å². The highest BCUT2D eigenvalue weighted by molar-refractivity contribution is 14.1. The SMILES string of the molecule is CCOC(=O)C1=C(C)N=c2s/c(=C\c3cc(I)c(O)c(I)c3)c(=O)n2[C@@H]1c1ccc(SC)cc1. The molecule has 10 heteroatoms. The van der Waals surface area contributed by atoms with Crippen LogP contribution in [0.5, 0.6) is 5.75 Å². The number of halogens is 2. The third-order valence-electron chi connectivity index (χ3n) is 5.29. The zero-order chi connectivity index (χ0) is 24.6. The number of rotatable bonds is 5. The summed E-state index contributed by atoms with van der Waals surface area (Å²) in [5.41, 5.74) is 2.30. The van der Waals surface area contributed by atoms with Crippen LogP contribution in [0, 0.1) is 7.14 Å². The lowest BCUT2D eigenvalue weighted by Gasteiger charge is -2.24. The number of hydrogen-bond donors (Lipinski definition) is 1. The number of ether oxygens (including phenoxy) is 1. The maximum absolute atomic E-state index is 13.6. The van der Waals surface area contributed by atoms with Gasteiger partial charge in [0.1, 0.15) is 5.75 Å². The molecule has 1 atom stereocenters. The van der Waals surface area contributed by atoms with E-state index in [1.807, 2.05) is 42.7 Å². The number of aromatic hydroxyl groups is 1. The van der Waals surface area contributed by atoms with Gasteiger partial charge in [-0.15, -0.1) is 11.8 Å². The number of carbonyl (C=O) groups excluding carboxylic acids is 1. The molecule has 6 nitrogen and oxygen atoms in total. The van der Waals surface area contributed by atoms with Gasteiger partial charge in [0, 0.05) is 4.90 Å². The molecular formula is C24H20I2N2O4S2. The quantitative estimate of drug-likeness (QED) is 0.240. The summed E-state index contributed by atoms with van der Waals surface area (Å²) in [4.78, 5) is 32.8. The summed E-state index contributed by atoms with van der Waals surface area (Å²) in [6.07, 6.45) is 3.79. The van der Waals surface area contributed by atoms with Gasteiger partial charge in [-0.2, -0.15) is 0 Å². The Kier molecular flexibility index (Phi) is 7.89. The summed E-state index contributed by atoms with van der Waals surface area (Å²) in [5, 5.41) is 10.1. The molecule has 0 aliphatic carbocycles. The van der Waals surface area contributed by atoms with E-state index in [1.165, 1.54) is 11.3 Å². The Balaban J connectivity index is 1.95. The molecule has 0 amide bonds. The van der Waals surface area contributed by atoms with Crippen LogP contribution in [-0.2, 0) is 9.53 Å². The molecule has 1 aliphatic rings. The van der Waals surface area contributed by atoms with E-state index >= 15 is 0 Å². The van der Waals surface area contributed by atoms with Crippen molar-refractivity contribution in [3.63, 3.8) is 0 Å². The van der Waals surface area contributed by atoms with Crippen molar-refractivity contribution in [2.45, 2.75) is 24.8 Å². The molecule has 176 valence electrons. The third kappa shape index (κ3) is 4.86. The smallest absolute Gasteiger partial charge is 0.338 e. The first-order valence-electron chi connectivity index (χ1n) is 10.3. The number of thiazole rings is 1. The standard InChI is InChI=1S/C24H20I2N2O4S2/c1-4-32-23(31)19-12(2)27-24-28(20(19)14-5-7-15(33-3)8-6-14)22(30)18(34-24)11-13-9-16(25)21(29)17(26)10-13/h5-11,20,29H,4H2,1-3H3/b18-11-/t20-/m1/s1. The zero-order valence-corrected chi connectivity index (χ0v) is 24.4. The van der Waals surface area contributed by atoms with E-state index in [9.17, 15) is 14.7 Å². The van der Waals surface area contributed by atoms with Crippen LogP contribution in [0.2, 0.25) is 0 Å². The summed E-state index contributed by atoms with van der Waals surface area (Å²) in [5.74, 6) is -0.247. The molecule has 1 N–H and O–H groups in total. The van der Waals surface area contributed by atoms with Crippen molar-refractivity contribution in [2.75, 3.05) is 12.9 Å². The second kappa shape index (κ2) is 10.5. The number of phenolic OH excluding ortho intramolecular Hbond substituents is 1. The number of aromatic nitrogens is 1. The molecule has 2 heterocycles. The molecule has 0 saturated carbocycles. The Morgan fingerprint density at radius 3 is 2.50 bits per heavy atom. The Labute approximate surface area is 231 Å². The van der Waals surface area contributed by atoms with E-state index < -0.39 is 12.0 Å². The molecule has 0 fully saturated rings. The number of benzene rings is 2. The van der Waals surface area contributed by atoms with Gasteiger partial charge in [-0.25, -0.2) is 9.79 Å². The number of hydrogen-bond acceptors (Lipinski definition) is 7. The van der Waals surface area contributed by atoms with Crippen molar-refractivity contribution < 1.29 is 14.6 Å². The Hall–Kier alpha value is -1.64. The highest BCUT2D eigenvalue weighted by Gasteiger charge is 2.33. The number of allylic oxidation sites excluding steroid dienone is 1. The summed E-state index contributed by atoms with van der Waals surface area (Å²) in [6, 6.07) is 10.9. The molecule has 0 unspecified atom stereocenters. The van der Waals surface area contributed by atoms with Crippen LogP contribution < -0.4 is 14.9 Å². The molecule has 0 saturated heterocycles. The summed E-state index contributed by atoms with van der Waals surface area (Å²) in [6.45, 7) is 3.76. The van der Waals surface area contributed by atoms with E-state index in [-0.39, 0.29) is 17.9 Å². The van der Waals surface area contributed by atoms with Crippen LogP contribution in [0.25, 0.3) is 6.08 Å².